The summed E-state index contributed by atoms with van der Waals surface area (Å²) in [5, 5.41) is 47.1. The summed E-state index contributed by atoms with van der Waals surface area (Å²) in [6.07, 6.45) is -5.10. The maximum atomic E-state index is 10.00. The molecule has 8 heteroatoms. The summed E-state index contributed by atoms with van der Waals surface area (Å²) < 4.78 is 5.50. The van der Waals surface area contributed by atoms with Crippen LogP contribution in [0.15, 0.2) is 29.3 Å². The van der Waals surface area contributed by atoms with E-state index in [0.29, 0.717) is 5.69 Å². The molecule has 0 spiro atoms. The summed E-state index contributed by atoms with van der Waals surface area (Å²) in [5.41, 5.74) is 0.561. The van der Waals surface area contributed by atoms with E-state index in [0.717, 1.165) is 0 Å². The second-order valence-electron chi connectivity index (χ2n) is 5.18. The maximum absolute atomic E-state index is 10.00. The second kappa shape index (κ2) is 6.93. The number of likely N-dealkylation sites (N-methyl/N-ethyl adjacent to an activating group) is 1. The van der Waals surface area contributed by atoms with Gasteiger partial charge in [0.05, 0.1) is 18.8 Å². The van der Waals surface area contributed by atoms with E-state index in [9.17, 15) is 20.4 Å². The second-order valence-corrected chi connectivity index (χ2v) is 5.18. The summed E-state index contributed by atoms with van der Waals surface area (Å²) >= 11 is 0. The molecule has 0 amide bonds. The van der Waals surface area contributed by atoms with Crippen molar-refractivity contribution in [2.24, 2.45) is 4.99 Å². The van der Waals surface area contributed by atoms with Crippen molar-refractivity contribution in [3.8, 4) is 5.75 Å². The standard InChI is InChI=1S/C14H20N2O6/c1-16-6-11(13(21)12(20)10(19)7-17)22-14(16)15-8-2-4-9(18)5-3-8/h2-5,10-13,17-21H,6-7H2,1H3/t10-,11?,12-,13-/m1/s1. The Hall–Kier alpha value is -1.87. The number of aromatic hydroxyl groups is 1. The summed E-state index contributed by atoms with van der Waals surface area (Å²) in [5.74, 6) is 0.124. The number of phenols is 1. The minimum Gasteiger partial charge on any atom is -0.508 e. The highest BCUT2D eigenvalue weighted by molar-refractivity contribution is 5.78. The largest absolute Gasteiger partial charge is 0.508 e. The monoisotopic (exact) mass is 312 g/mol. The van der Waals surface area contributed by atoms with Crippen LogP contribution in [-0.2, 0) is 4.74 Å². The highest BCUT2D eigenvalue weighted by Gasteiger charge is 2.38. The van der Waals surface area contributed by atoms with Crippen LogP contribution in [-0.4, -0.2) is 81.1 Å². The number of aliphatic imine (C=N–C) groups is 1. The van der Waals surface area contributed by atoms with Gasteiger partial charge in [-0.2, -0.15) is 4.99 Å². The molecule has 5 N–H and O–H groups in total. The normalized spacial score (nSPS) is 24.1. The number of hydrogen-bond acceptors (Lipinski definition) is 7. The van der Waals surface area contributed by atoms with Crippen LogP contribution in [0.3, 0.4) is 0 Å². The quantitative estimate of drug-likeness (QED) is 0.461. The number of ether oxygens (including phenoxy) is 1. The minimum atomic E-state index is -1.52. The summed E-state index contributed by atoms with van der Waals surface area (Å²) in [6, 6.07) is 6.44. The predicted octanol–water partition coefficient (Wildman–Crippen LogP) is -1.21. The van der Waals surface area contributed by atoms with E-state index in [2.05, 4.69) is 4.99 Å². The molecule has 0 aliphatic carbocycles. The van der Waals surface area contributed by atoms with Gasteiger partial charge in [0.15, 0.2) is 0 Å². The average molecular weight is 312 g/mol. The number of rotatable bonds is 5. The molecule has 1 aliphatic heterocycles. The molecule has 1 aromatic carbocycles. The van der Waals surface area contributed by atoms with E-state index in [4.69, 9.17) is 9.84 Å². The molecule has 8 nitrogen and oxygen atoms in total. The molecule has 122 valence electrons. The van der Waals surface area contributed by atoms with Crippen molar-refractivity contribution in [2.45, 2.75) is 24.4 Å². The first-order valence-electron chi connectivity index (χ1n) is 6.83. The van der Waals surface area contributed by atoms with Gasteiger partial charge >= 0.3 is 0 Å². The van der Waals surface area contributed by atoms with Gasteiger partial charge in [-0.05, 0) is 24.3 Å². The lowest BCUT2D eigenvalue weighted by Gasteiger charge is -2.24. The van der Waals surface area contributed by atoms with Crippen molar-refractivity contribution in [1.29, 1.82) is 0 Å². The number of phenolic OH excluding ortho intramolecular Hbond substituents is 1. The van der Waals surface area contributed by atoms with E-state index in [1.54, 1.807) is 24.1 Å². The smallest absolute Gasteiger partial charge is 0.292 e. The highest BCUT2D eigenvalue weighted by Crippen LogP contribution is 2.21. The molecule has 1 unspecified atom stereocenters. The van der Waals surface area contributed by atoms with E-state index in [1.807, 2.05) is 0 Å². The average Bonchev–Trinajstić information content (AvgIpc) is 2.88. The minimum absolute atomic E-state index is 0.124. The van der Waals surface area contributed by atoms with Crippen molar-refractivity contribution in [2.75, 3.05) is 20.2 Å². The van der Waals surface area contributed by atoms with E-state index >= 15 is 0 Å². The SMILES string of the molecule is CN1CC([C@@H](O)[C@H](O)[C@H](O)CO)OC1=Nc1ccc(O)cc1. The first-order chi connectivity index (χ1) is 10.4. The van der Waals surface area contributed by atoms with Gasteiger partial charge in [0.1, 0.15) is 30.2 Å². The van der Waals surface area contributed by atoms with Crippen molar-refractivity contribution in [3.05, 3.63) is 24.3 Å². The summed E-state index contributed by atoms with van der Waals surface area (Å²) in [4.78, 5) is 5.89. The van der Waals surface area contributed by atoms with Crippen molar-refractivity contribution < 1.29 is 30.3 Å². The lowest BCUT2D eigenvalue weighted by atomic mass is 10.0. The topological polar surface area (TPSA) is 126 Å². The number of aliphatic hydroxyl groups is 4. The van der Waals surface area contributed by atoms with Gasteiger partial charge in [0.2, 0.25) is 0 Å². The van der Waals surface area contributed by atoms with Gasteiger partial charge < -0.3 is 35.2 Å². The Bertz CT molecular complexity index is 521. The molecule has 0 aromatic heterocycles. The Kier molecular flexibility index (Phi) is 5.19. The number of amidine groups is 1. The lowest BCUT2D eigenvalue weighted by molar-refractivity contribution is -0.106. The molecule has 1 saturated heterocycles. The zero-order chi connectivity index (χ0) is 16.3. The van der Waals surface area contributed by atoms with Gasteiger partial charge in [-0.15, -0.1) is 0 Å². The van der Waals surface area contributed by atoms with Crippen LogP contribution in [0.4, 0.5) is 5.69 Å². The molecule has 1 fully saturated rings. The third-order valence-corrected chi connectivity index (χ3v) is 3.42. The van der Waals surface area contributed by atoms with Gasteiger partial charge in [-0.1, -0.05) is 0 Å². The fraction of sp³-hybridized carbons (Fsp3) is 0.500. The molecule has 0 bridgehead atoms. The molecule has 0 saturated carbocycles. The van der Waals surface area contributed by atoms with Crippen molar-refractivity contribution in [3.63, 3.8) is 0 Å². The predicted molar refractivity (Wildman–Crippen MR) is 77.8 cm³/mol. The van der Waals surface area contributed by atoms with Crippen LogP contribution in [0.5, 0.6) is 5.75 Å². The van der Waals surface area contributed by atoms with Gasteiger partial charge in [0.25, 0.3) is 6.02 Å². The summed E-state index contributed by atoms with van der Waals surface area (Å²) in [7, 11) is 1.71. The summed E-state index contributed by atoms with van der Waals surface area (Å²) in [6.45, 7) is -0.386. The molecule has 2 rings (SSSR count). The Balaban J connectivity index is 2.07. The Morgan fingerprint density at radius 1 is 1.27 bits per heavy atom. The van der Waals surface area contributed by atoms with Gasteiger partial charge in [0, 0.05) is 7.05 Å². The first kappa shape index (κ1) is 16.5. The van der Waals surface area contributed by atoms with Crippen molar-refractivity contribution >= 4 is 11.7 Å². The fourth-order valence-corrected chi connectivity index (χ4v) is 2.09. The molecule has 1 aliphatic rings. The fourth-order valence-electron chi connectivity index (χ4n) is 2.09. The third kappa shape index (κ3) is 3.66. The maximum Gasteiger partial charge on any atom is 0.292 e. The van der Waals surface area contributed by atoms with Crippen LogP contribution < -0.4 is 0 Å². The Morgan fingerprint density at radius 2 is 1.91 bits per heavy atom. The molecule has 1 aromatic rings. The zero-order valence-electron chi connectivity index (χ0n) is 12.1. The van der Waals surface area contributed by atoms with Crippen LogP contribution in [0.2, 0.25) is 0 Å². The molecule has 1 heterocycles. The van der Waals surface area contributed by atoms with Crippen molar-refractivity contribution in [1.82, 2.24) is 4.90 Å². The molecule has 0 radical (unpaired) electrons. The highest BCUT2D eigenvalue weighted by atomic mass is 16.5. The Labute approximate surface area is 127 Å². The number of hydrogen-bond donors (Lipinski definition) is 5. The van der Waals surface area contributed by atoms with Crippen LogP contribution in [0, 0.1) is 0 Å². The molecular weight excluding hydrogens is 292 g/mol. The number of aliphatic hydroxyl groups excluding tert-OH is 4. The molecule has 22 heavy (non-hydrogen) atoms. The van der Waals surface area contributed by atoms with Crippen LogP contribution in [0.1, 0.15) is 0 Å². The van der Waals surface area contributed by atoms with E-state index in [-0.39, 0.29) is 18.3 Å². The van der Waals surface area contributed by atoms with Gasteiger partial charge in [-0.3, -0.25) is 0 Å². The molecule has 4 atom stereocenters. The third-order valence-electron chi connectivity index (χ3n) is 3.42. The first-order valence-corrected chi connectivity index (χ1v) is 6.83. The van der Waals surface area contributed by atoms with Crippen LogP contribution in [0.25, 0.3) is 0 Å². The number of nitrogens with zero attached hydrogens (tertiary/aromatic N) is 2. The lowest BCUT2D eigenvalue weighted by Crippen LogP contribution is -2.47. The van der Waals surface area contributed by atoms with Crippen LogP contribution >= 0.6 is 0 Å². The zero-order valence-corrected chi connectivity index (χ0v) is 12.1. The Morgan fingerprint density at radius 3 is 2.50 bits per heavy atom. The number of benzene rings is 1. The van der Waals surface area contributed by atoms with E-state index in [1.165, 1.54) is 12.1 Å². The van der Waals surface area contributed by atoms with Gasteiger partial charge in [-0.25, -0.2) is 0 Å². The van der Waals surface area contributed by atoms with E-state index < -0.39 is 31.0 Å². The molecular formula is C14H20N2O6.